The average molecular weight is 224 g/mol. The van der Waals surface area contributed by atoms with Gasteiger partial charge in [-0.25, -0.2) is 9.97 Å². The lowest BCUT2D eigenvalue weighted by Crippen LogP contribution is -2.33. The molecule has 1 aromatic rings. The third-order valence-electron chi connectivity index (χ3n) is 2.44. The number of aromatic nitrogens is 2. The molecule has 80 valence electrons. The van der Waals surface area contributed by atoms with Gasteiger partial charge in [-0.2, -0.15) is 0 Å². The Morgan fingerprint density at radius 2 is 2.13 bits per heavy atom. The number of thioether (sulfide) groups is 1. The molecule has 0 aliphatic heterocycles. The highest BCUT2D eigenvalue weighted by atomic mass is 32.2. The normalized spacial score (nSPS) is 24.3. The largest absolute Gasteiger partial charge is 0.469 e. The zero-order chi connectivity index (χ0) is 10.7. The molecule has 5 heteroatoms. The number of nitrogens with zero attached hydrogens (tertiary/aromatic N) is 2. The highest BCUT2D eigenvalue weighted by Gasteiger charge is 2.36. The Hall–Kier alpha value is -1.10. The zero-order valence-corrected chi connectivity index (χ0v) is 9.24. The summed E-state index contributed by atoms with van der Waals surface area (Å²) in [5.74, 6) is -0.0166. The molecule has 0 bridgehead atoms. The van der Waals surface area contributed by atoms with Crippen molar-refractivity contribution < 1.29 is 9.53 Å². The monoisotopic (exact) mass is 224 g/mol. The van der Waals surface area contributed by atoms with Crippen molar-refractivity contribution in [2.75, 3.05) is 7.11 Å². The zero-order valence-electron chi connectivity index (χ0n) is 8.42. The van der Waals surface area contributed by atoms with Crippen LogP contribution in [0.1, 0.15) is 12.8 Å². The summed E-state index contributed by atoms with van der Waals surface area (Å²) in [4.78, 5) is 19.4. The molecule has 1 fully saturated rings. The molecule has 15 heavy (non-hydrogen) atoms. The van der Waals surface area contributed by atoms with Gasteiger partial charge in [0, 0.05) is 17.6 Å². The van der Waals surface area contributed by atoms with Crippen LogP contribution < -0.4 is 0 Å². The van der Waals surface area contributed by atoms with E-state index in [9.17, 15) is 4.79 Å². The molecule has 0 spiro atoms. The first kappa shape index (κ1) is 10.4. The molecular weight excluding hydrogens is 212 g/mol. The van der Waals surface area contributed by atoms with E-state index in [2.05, 4.69) is 14.7 Å². The first-order valence-electron chi connectivity index (χ1n) is 4.81. The molecule has 0 N–H and O–H groups in total. The van der Waals surface area contributed by atoms with Crippen LogP contribution in [-0.2, 0) is 9.53 Å². The smallest absolute Gasteiger partial charge is 0.308 e. The topological polar surface area (TPSA) is 52.1 Å². The summed E-state index contributed by atoms with van der Waals surface area (Å²) >= 11 is 1.63. The third-order valence-corrected chi connectivity index (χ3v) is 3.58. The van der Waals surface area contributed by atoms with Gasteiger partial charge in [-0.05, 0) is 18.9 Å². The second-order valence-electron chi connectivity index (χ2n) is 3.46. The predicted molar refractivity (Wildman–Crippen MR) is 56.4 cm³/mol. The highest BCUT2D eigenvalue weighted by molar-refractivity contribution is 7.99. The number of carbonyl (C=O) groups excluding carboxylic acids is 1. The Bertz CT molecular complexity index is 339. The van der Waals surface area contributed by atoms with Gasteiger partial charge < -0.3 is 4.74 Å². The standard InChI is InChI=1S/C10H12N2O2S/c1-14-9(13)7-5-8(6-7)15-10-11-3-2-4-12-10/h2-4,7-8H,5-6H2,1H3/t7-,8-. The van der Waals surface area contributed by atoms with Crippen molar-refractivity contribution >= 4 is 17.7 Å². The fourth-order valence-corrected chi connectivity index (χ4v) is 2.71. The van der Waals surface area contributed by atoms with Crippen molar-refractivity contribution in [3.8, 4) is 0 Å². The van der Waals surface area contributed by atoms with Crippen LogP contribution in [0.4, 0.5) is 0 Å². The fraction of sp³-hybridized carbons (Fsp3) is 0.500. The molecule has 1 aliphatic carbocycles. The minimum Gasteiger partial charge on any atom is -0.469 e. The van der Waals surface area contributed by atoms with E-state index >= 15 is 0 Å². The molecule has 1 aliphatic rings. The summed E-state index contributed by atoms with van der Waals surface area (Å²) in [6.45, 7) is 0. The van der Waals surface area contributed by atoms with E-state index < -0.39 is 0 Å². The van der Waals surface area contributed by atoms with Crippen molar-refractivity contribution in [3.05, 3.63) is 18.5 Å². The molecule has 0 aromatic carbocycles. The number of ether oxygens (including phenoxy) is 1. The quantitative estimate of drug-likeness (QED) is 0.575. The van der Waals surface area contributed by atoms with Crippen LogP contribution in [0.15, 0.2) is 23.6 Å². The summed E-state index contributed by atoms with van der Waals surface area (Å²) < 4.78 is 4.67. The number of methoxy groups -OCH3 is 1. The van der Waals surface area contributed by atoms with E-state index in [0.29, 0.717) is 5.25 Å². The van der Waals surface area contributed by atoms with Crippen LogP contribution >= 0.6 is 11.8 Å². The van der Waals surface area contributed by atoms with Crippen molar-refractivity contribution in [1.29, 1.82) is 0 Å². The maximum atomic E-state index is 11.1. The Labute approximate surface area is 92.5 Å². The van der Waals surface area contributed by atoms with E-state index in [1.807, 2.05) is 0 Å². The van der Waals surface area contributed by atoms with Crippen molar-refractivity contribution in [3.63, 3.8) is 0 Å². The summed E-state index contributed by atoms with van der Waals surface area (Å²) in [6.07, 6.45) is 5.20. The molecule has 1 saturated carbocycles. The van der Waals surface area contributed by atoms with Gasteiger partial charge in [-0.1, -0.05) is 11.8 Å². The summed E-state index contributed by atoms with van der Waals surface area (Å²) in [5, 5.41) is 1.24. The van der Waals surface area contributed by atoms with Gasteiger partial charge in [0.05, 0.1) is 13.0 Å². The number of rotatable bonds is 3. The third kappa shape index (κ3) is 2.47. The molecule has 0 amide bonds. The van der Waals surface area contributed by atoms with Crippen LogP contribution in [0, 0.1) is 5.92 Å². The number of hydrogen-bond donors (Lipinski definition) is 0. The maximum absolute atomic E-state index is 11.1. The molecule has 0 unspecified atom stereocenters. The first-order valence-corrected chi connectivity index (χ1v) is 5.69. The van der Waals surface area contributed by atoms with Crippen molar-refractivity contribution in [2.24, 2.45) is 5.92 Å². The Morgan fingerprint density at radius 1 is 1.47 bits per heavy atom. The molecule has 2 rings (SSSR count). The summed E-state index contributed by atoms with van der Waals surface area (Å²) in [6, 6.07) is 1.79. The van der Waals surface area contributed by atoms with Gasteiger partial charge in [0.25, 0.3) is 0 Å². The van der Waals surface area contributed by atoms with E-state index in [1.165, 1.54) is 7.11 Å². The lowest BCUT2D eigenvalue weighted by atomic mass is 9.85. The molecule has 1 heterocycles. The lowest BCUT2D eigenvalue weighted by molar-refractivity contribution is -0.148. The van der Waals surface area contributed by atoms with Crippen LogP contribution in [0.5, 0.6) is 0 Å². The molecule has 0 saturated heterocycles. The molecule has 4 nitrogen and oxygen atoms in total. The van der Waals surface area contributed by atoms with Gasteiger partial charge in [-0.3, -0.25) is 4.79 Å². The van der Waals surface area contributed by atoms with Crippen LogP contribution in [0.3, 0.4) is 0 Å². The average Bonchev–Trinajstić information content (AvgIpc) is 2.23. The van der Waals surface area contributed by atoms with Gasteiger partial charge in [0.2, 0.25) is 0 Å². The highest BCUT2D eigenvalue weighted by Crippen LogP contribution is 2.39. The van der Waals surface area contributed by atoms with E-state index in [0.717, 1.165) is 18.0 Å². The predicted octanol–water partition coefficient (Wildman–Crippen LogP) is 1.52. The minimum absolute atomic E-state index is 0.0798. The van der Waals surface area contributed by atoms with Crippen molar-refractivity contribution in [2.45, 2.75) is 23.2 Å². The number of carbonyl (C=O) groups is 1. The number of hydrogen-bond acceptors (Lipinski definition) is 5. The van der Waals surface area contributed by atoms with Crippen LogP contribution in [0.2, 0.25) is 0 Å². The SMILES string of the molecule is COC(=O)[C@H]1C[C@H](Sc2ncccn2)C1. The second kappa shape index (κ2) is 4.61. The maximum Gasteiger partial charge on any atom is 0.308 e. The minimum atomic E-state index is -0.0965. The van der Waals surface area contributed by atoms with E-state index in [-0.39, 0.29) is 11.9 Å². The molecular formula is C10H12N2O2S. The lowest BCUT2D eigenvalue weighted by Gasteiger charge is -2.31. The molecule has 0 radical (unpaired) electrons. The Balaban J connectivity index is 1.79. The summed E-state index contributed by atoms with van der Waals surface area (Å²) in [7, 11) is 1.43. The van der Waals surface area contributed by atoms with Gasteiger partial charge in [0.1, 0.15) is 0 Å². The van der Waals surface area contributed by atoms with Gasteiger partial charge >= 0.3 is 5.97 Å². The van der Waals surface area contributed by atoms with E-state index in [4.69, 9.17) is 0 Å². The van der Waals surface area contributed by atoms with Crippen LogP contribution in [0.25, 0.3) is 0 Å². The van der Waals surface area contributed by atoms with Gasteiger partial charge in [0.15, 0.2) is 5.16 Å². The second-order valence-corrected chi connectivity index (χ2v) is 4.73. The van der Waals surface area contributed by atoms with Crippen LogP contribution in [-0.4, -0.2) is 28.3 Å². The van der Waals surface area contributed by atoms with Gasteiger partial charge in [-0.15, -0.1) is 0 Å². The Kier molecular flexibility index (Phi) is 3.20. The Morgan fingerprint density at radius 3 is 2.73 bits per heavy atom. The van der Waals surface area contributed by atoms with Crippen molar-refractivity contribution in [1.82, 2.24) is 9.97 Å². The fourth-order valence-electron chi connectivity index (χ4n) is 1.52. The molecule has 1 aromatic heterocycles. The number of esters is 1. The summed E-state index contributed by atoms with van der Waals surface area (Å²) in [5.41, 5.74) is 0. The van der Waals surface area contributed by atoms with E-state index in [1.54, 1.807) is 30.2 Å². The molecule has 0 atom stereocenters. The first-order chi connectivity index (χ1) is 7.29.